The van der Waals surface area contributed by atoms with E-state index in [0.717, 1.165) is 17.4 Å². The van der Waals surface area contributed by atoms with Gasteiger partial charge in [-0.25, -0.2) is 18.0 Å². The molecule has 1 unspecified atom stereocenters. The number of esters is 1. The van der Waals surface area contributed by atoms with Crippen molar-refractivity contribution in [3.63, 3.8) is 0 Å². The largest absolute Gasteiger partial charge is 0.528 e. The van der Waals surface area contributed by atoms with Crippen LogP contribution in [0.1, 0.15) is 37.6 Å². The molecule has 1 aliphatic heterocycles. The number of carbonyl (C=O) groups excluding carboxylic acids is 2. The highest BCUT2D eigenvalue weighted by atomic mass is 35.5. The minimum atomic E-state index is -4.22. The van der Waals surface area contributed by atoms with Crippen LogP contribution < -0.4 is 4.72 Å². The minimum absolute atomic E-state index is 0.0138. The van der Waals surface area contributed by atoms with Gasteiger partial charge in [-0.05, 0) is 32.9 Å². The molecule has 0 radical (unpaired) electrons. The number of benzene rings is 1. The highest BCUT2D eigenvalue weighted by Gasteiger charge is 2.31. The van der Waals surface area contributed by atoms with Crippen molar-refractivity contribution >= 4 is 74.0 Å². The van der Waals surface area contributed by atoms with E-state index in [0.29, 0.717) is 13.0 Å². The van der Waals surface area contributed by atoms with Crippen LogP contribution in [0.2, 0.25) is 13.7 Å². The summed E-state index contributed by atoms with van der Waals surface area (Å²) in [7, 11) is -4.22. The van der Waals surface area contributed by atoms with Gasteiger partial charge in [0.2, 0.25) is 0 Å². The van der Waals surface area contributed by atoms with Crippen molar-refractivity contribution in [2.45, 2.75) is 43.8 Å². The first-order chi connectivity index (χ1) is 16.2. The van der Waals surface area contributed by atoms with Crippen molar-refractivity contribution in [3.05, 3.63) is 37.5 Å². The molecule has 0 spiro atoms. The third kappa shape index (κ3) is 7.05. The fourth-order valence-electron chi connectivity index (χ4n) is 3.01. The number of halogens is 3. The number of hydrogen-bond donors (Lipinski definition) is 2. The Morgan fingerprint density at radius 3 is 2.46 bits per heavy atom. The smallest absolute Gasteiger partial charge is 0.507 e. The van der Waals surface area contributed by atoms with Crippen molar-refractivity contribution in [1.82, 2.24) is 5.06 Å². The molecule has 1 fully saturated rings. The first kappa shape index (κ1) is 27.6. The number of nitrogens with one attached hydrogen (secondary N) is 1. The number of sulfonamides is 1. The minimum Gasteiger partial charge on any atom is -0.507 e. The maximum absolute atomic E-state index is 12.6. The summed E-state index contributed by atoms with van der Waals surface area (Å²) < 4.78 is 37.9. The highest BCUT2D eigenvalue weighted by Crippen LogP contribution is 2.43. The van der Waals surface area contributed by atoms with Crippen LogP contribution in [0.5, 0.6) is 5.75 Å². The van der Waals surface area contributed by atoms with Crippen LogP contribution >= 0.6 is 46.1 Å². The van der Waals surface area contributed by atoms with Gasteiger partial charge >= 0.3 is 12.1 Å². The van der Waals surface area contributed by atoms with Gasteiger partial charge in [0.25, 0.3) is 10.0 Å². The molecule has 35 heavy (non-hydrogen) atoms. The maximum Gasteiger partial charge on any atom is 0.528 e. The van der Waals surface area contributed by atoms with Gasteiger partial charge in [-0.2, -0.15) is 0 Å². The third-order valence-corrected chi connectivity index (χ3v) is 8.44. The molecule has 1 atom stereocenters. The predicted octanol–water partition coefficient (Wildman–Crippen LogP) is 5.31. The average molecular weight is 588 g/mol. The lowest BCUT2D eigenvalue weighted by atomic mass is 10.2. The van der Waals surface area contributed by atoms with Gasteiger partial charge in [0, 0.05) is 19.0 Å². The molecular weight excluding hydrogens is 567 g/mol. The number of phenols is 1. The SMILES string of the molecule is CC(C)(C)OC(=O)ON1CCC(OC(=O)c2ccc(NS(=O)(=O)c3c(Cl)sc(Cl)c3Cl)cc2O)C1. The Balaban J connectivity index is 1.62. The summed E-state index contributed by atoms with van der Waals surface area (Å²) in [5, 5.41) is 11.4. The zero-order chi connectivity index (χ0) is 26.1. The topological polar surface area (TPSA) is 131 Å². The summed E-state index contributed by atoms with van der Waals surface area (Å²) in [6, 6.07) is 3.50. The Morgan fingerprint density at radius 1 is 1.20 bits per heavy atom. The van der Waals surface area contributed by atoms with Crippen molar-refractivity contribution in [1.29, 1.82) is 0 Å². The molecule has 2 aromatic rings. The number of aromatic hydroxyl groups is 1. The van der Waals surface area contributed by atoms with Gasteiger partial charge in [-0.15, -0.1) is 16.4 Å². The molecule has 1 aromatic carbocycles. The summed E-state index contributed by atoms with van der Waals surface area (Å²) in [6.45, 7) is 5.55. The molecule has 0 amide bonds. The van der Waals surface area contributed by atoms with Crippen molar-refractivity contribution in [2.24, 2.45) is 0 Å². The first-order valence-corrected chi connectivity index (χ1v) is 13.5. The van der Waals surface area contributed by atoms with E-state index in [1.165, 1.54) is 17.2 Å². The molecule has 1 aromatic heterocycles. The summed E-state index contributed by atoms with van der Waals surface area (Å²) in [5.74, 6) is -1.35. The van der Waals surface area contributed by atoms with Gasteiger partial charge in [0.15, 0.2) is 0 Å². The quantitative estimate of drug-likeness (QED) is 0.431. The lowest BCUT2D eigenvalue weighted by Gasteiger charge is -2.21. The van der Waals surface area contributed by atoms with E-state index in [1.54, 1.807) is 20.8 Å². The number of rotatable bonds is 6. The van der Waals surface area contributed by atoms with E-state index >= 15 is 0 Å². The van der Waals surface area contributed by atoms with Gasteiger partial charge < -0.3 is 19.4 Å². The molecule has 0 saturated carbocycles. The second-order valence-corrected chi connectivity index (χ2v) is 12.6. The summed E-state index contributed by atoms with van der Waals surface area (Å²) in [6.07, 6.45) is -1.08. The Morgan fingerprint density at radius 2 is 1.89 bits per heavy atom. The fourth-order valence-corrected chi connectivity index (χ4v) is 6.91. The molecule has 0 bridgehead atoms. The van der Waals surface area contributed by atoms with E-state index in [4.69, 9.17) is 49.1 Å². The molecule has 2 heterocycles. The van der Waals surface area contributed by atoms with E-state index in [-0.39, 0.29) is 31.5 Å². The Kier molecular flexibility index (Phi) is 8.34. The number of hydroxylamine groups is 2. The molecule has 1 aliphatic rings. The second-order valence-electron chi connectivity index (χ2n) is 8.39. The van der Waals surface area contributed by atoms with Crippen LogP contribution in [-0.2, 0) is 24.3 Å². The molecule has 15 heteroatoms. The monoisotopic (exact) mass is 586 g/mol. The van der Waals surface area contributed by atoms with Crippen LogP contribution in [-0.4, -0.2) is 55.5 Å². The van der Waals surface area contributed by atoms with Crippen LogP contribution in [0.15, 0.2) is 23.1 Å². The van der Waals surface area contributed by atoms with Gasteiger partial charge in [0.05, 0.1) is 17.3 Å². The van der Waals surface area contributed by atoms with Crippen molar-refractivity contribution in [2.75, 3.05) is 17.8 Å². The zero-order valence-electron chi connectivity index (χ0n) is 18.6. The Bertz CT molecular complexity index is 1240. The Hall–Kier alpha value is -1.96. The molecule has 1 saturated heterocycles. The third-order valence-electron chi connectivity index (χ3n) is 4.44. The average Bonchev–Trinajstić information content (AvgIpc) is 3.22. The number of carbonyl (C=O) groups is 2. The van der Waals surface area contributed by atoms with E-state index < -0.39 is 44.5 Å². The number of anilines is 1. The number of nitrogens with zero attached hydrogens (tertiary/aromatic N) is 1. The van der Waals surface area contributed by atoms with Crippen molar-refractivity contribution < 1.29 is 37.4 Å². The lowest BCUT2D eigenvalue weighted by Crippen LogP contribution is -2.32. The number of phenolic OH excluding ortho intramolecular Hbond substituents is 1. The van der Waals surface area contributed by atoms with Gasteiger partial charge in [0.1, 0.15) is 36.6 Å². The highest BCUT2D eigenvalue weighted by molar-refractivity contribution is 7.93. The zero-order valence-corrected chi connectivity index (χ0v) is 22.5. The number of thiophene rings is 1. The Labute approximate surface area is 220 Å². The summed E-state index contributed by atoms with van der Waals surface area (Å²) >= 11 is 18.5. The predicted molar refractivity (Wildman–Crippen MR) is 131 cm³/mol. The normalized spacial score (nSPS) is 16.7. The second kappa shape index (κ2) is 10.6. The molecular formula is C20H21Cl3N2O8S2. The van der Waals surface area contributed by atoms with E-state index in [9.17, 15) is 23.1 Å². The maximum atomic E-state index is 12.6. The standard InChI is InChI=1S/C20H21Cl3N2O8S2/c1-20(2,3)32-19(28)33-25-7-6-11(9-25)31-18(27)12-5-4-10(8-13(12)26)24-35(29,30)15-14(21)16(22)34-17(15)23/h4-5,8,11,24,26H,6-7,9H2,1-3H3. The van der Waals surface area contributed by atoms with Crippen LogP contribution in [0.4, 0.5) is 10.5 Å². The molecule has 2 N–H and O–H groups in total. The van der Waals surface area contributed by atoms with Crippen molar-refractivity contribution in [3.8, 4) is 5.75 Å². The molecule has 10 nitrogen and oxygen atoms in total. The van der Waals surface area contributed by atoms with Crippen LogP contribution in [0.3, 0.4) is 0 Å². The van der Waals surface area contributed by atoms with Gasteiger partial charge in [-0.1, -0.05) is 34.8 Å². The number of hydrogen-bond acceptors (Lipinski definition) is 10. The molecule has 0 aliphatic carbocycles. The number of ether oxygens (including phenoxy) is 2. The fraction of sp³-hybridized carbons (Fsp3) is 0.400. The van der Waals surface area contributed by atoms with Crippen LogP contribution in [0.25, 0.3) is 0 Å². The molecule has 192 valence electrons. The summed E-state index contributed by atoms with van der Waals surface area (Å²) in [4.78, 5) is 29.0. The van der Waals surface area contributed by atoms with E-state index in [2.05, 4.69) is 4.72 Å². The first-order valence-electron chi connectivity index (χ1n) is 10.0. The van der Waals surface area contributed by atoms with Crippen LogP contribution in [0, 0.1) is 0 Å². The lowest BCUT2D eigenvalue weighted by molar-refractivity contribution is -0.133. The molecule has 3 rings (SSSR count). The summed E-state index contributed by atoms with van der Waals surface area (Å²) in [5.41, 5.74) is -0.948. The van der Waals surface area contributed by atoms with Gasteiger partial charge in [-0.3, -0.25) is 4.72 Å². The van der Waals surface area contributed by atoms with E-state index in [1.807, 2.05) is 0 Å².